The fraction of sp³-hybridized carbons (Fsp3) is 0.647. The van der Waals surface area contributed by atoms with Crippen LogP contribution in [0.25, 0.3) is 0 Å². The minimum absolute atomic E-state index is 0.294. The quantitative estimate of drug-likeness (QED) is 0.825. The molecular formula is C17H26BrNO. The third-order valence-electron chi connectivity index (χ3n) is 4.45. The van der Waals surface area contributed by atoms with E-state index < -0.39 is 0 Å². The molecular weight excluding hydrogens is 314 g/mol. The molecule has 1 unspecified atom stereocenters. The molecule has 0 spiro atoms. The van der Waals surface area contributed by atoms with Crippen molar-refractivity contribution in [2.24, 2.45) is 5.41 Å². The molecule has 2 nitrogen and oxygen atoms in total. The van der Waals surface area contributed by atoms with Crippen molar-refractivity contribution < 1.29 is 4.74 Å². The van der Waals surface area contributed by atoms with E-state index in [4.69, 9.17) is 4.74 Å². The van der Waals surface area contributed by atoms with Crippen LogP contribution in [0.1, 0.15) is 58.1 Å². The van der Waals surface area contributed by atoms with Crippen LogP contribution in [0, 0.1) is 5.41 Å². The van der Waals surface area contributed by atoms with E-state index in [0.717, 1.165) is 23.1 Å². The lowest BCUT2D eigenvalue weighted by Crippen LogP contribution is -2.29. The summed E-state index contributed by atoms with van der Waals surface area (Å²) in [6.07, 6.45) is 5.20. The number of benzene rings is 1. The van der Waals surface area contributed by atoms with Crippen molar-refractivity contribution >= 4 is 15.9 Å². The molecule has 1 aliphatic carbocycles. The van der Waals surface area contributed by atoms with Gasteiger partial charge in [0, 0.05) is 16.1 Å². The predicted octanol–water partition coefficient (Wildman–Crippen LogP) is 5.08. The van der Waals surface area contributed by atoms with Crippen LogP contribution in [0.5, 0.6) is 5.75 Å². The van der Waals surface area contributed by atoms with E-state index in [-0.39, 0.29) is 0 Å². The average molecular weight is 340 g/mol. The molecule has 1 fully saturated rings. The monoisotopic (exact) mass is 339 g/mol. The summed E-state index contributed by atoms with van der Waals surface area (Å²) in [5.41, 5.74) is 1.72. The van der Waals surface area contributed by atoms with Crippen molar-refractivity contribution in [1.29, 1.82) is 0 Å². The molecule has 1 N–H and O–H groups in total. The first-order valence-corrected chi connectivity index (χ1v) is 8.34. The van der Waals surface area contributed by atoms with Crippen LogP contribution in [-0.2, 0) is 0 Å². The average Bonchev–Trinajstić information content (AvgIpc) is 2.42. The van der Waals surface area contributed by atoms with Gasteiger partial charge in [0.15, 0.2) is 0 Å². The van der Waals surface area contributed by atoms with E-state index in [2.05, 4.69) is 60.2 Å². The van der Waals surface area contributed by atoms with E-state index in [1.165, 1.54) is 18.4 Å². The molecule has 1 saturated carbocycles. The molecule has 0 bridgehead atoms. The predicted molar refractivity (Wildman–Crippen MR) is 88.3 cm³/mol. The van der Waals surface area contributed by atoms with Crippen LogP contribution in [0.2, 0.25) is 0 Å². The number of hydrogen-bond donors (Lipinski definition) is 1. The van der Waals surface area contributed by atoms with Crippen molar-refractivity contribution in [3.63, 3.8) is 0 Å². The molecule has 1 aromatic rings. The molecule has 1 aromatic carbocycles. The van der Waals surface area contributed by atoms with Gasteiger partial charge in [-0.3, -0.25) is 0 Å². The molecule has 0 aromatic heterocycles. The Balaban J connectivity index is 2.09. The first-order chi connectivity index (χ1) is 9.41. The normalized spacial score (nSPS) is 20.6. The summed E-state index contributed by atoms with van der Waals surface area (Å²) in [6, 6.07) is 6.60. The molecule has 2 rings (SSSR count). The number of hydrogen-bond acceptors (Lipinski definition) is 2. The van der Waals surface area contributed by atoms with Gasteiger partial charge in [0.05, 0.1) is 6.10 Å². The van der Waals surface area contributed by atoms with Crippen molar-refractivity contribution in [3.05, 3.63) is 28.2 Å². The van der Waals surface area contributed by atoms with Gasteiger partial charge in [-0.2, -0.15) is 0 Å². The maximum atomic E-state index is 6.30. The lowest BCUT2D eigenvalue weighted by atomic mass is 9.76. The zero-order chi connectivity index (χ0) is 14.8. The van der Waals surface area contributed by atoms with Gasteiger partial charge >= 0.3 is 0 Å². The summed E-state index contributed by atoms with van der Waals surface area (Å²) in [5, 5.41) is 3.30. The number of rotatable bonds is 4. The highest BCUT2D eigenvalue weighted by Crippen LogP contribution is 2.38. The zero-order valence-corrected chi connectivity index (χ0v) is 14.6. The Bertz CT molecular complexity index is 448. The van der Waals surface area contributed by atoms with Gasteiger partial charge < -0.3 is 10.1 Å². The van der Waals surface area contributed by atoms with E-state index in [1.54, 1.807) is 0 Å². The number of halogens is 1. The first kappa shape index (κ1) is 15.8. The summed E-state index contributed by atoms with van der Waals surface area (Å²) in [7, 11) is 1.98. The Labute approximate surface area is 131 Å². The van der Waals surface area contributed by atoms with Crippen LogP contribution in [0.15, 0.2) is 22.7 Å². The third kappa shape index (κ3) is 3.98. The molecule has 0 saturated heterocycles. The molecule has 3 heteroatoms. The van der Waals surface area contributed by atoms with E-state index in [0.29, 0.717) is 17.6 Å². The molecule has 0 heterocycles. The highest BCUT2D eigenvalue weighted by Gasteiger charge is 2.28. The van der Waals surface area contributed by atoms with E-state index >= 15 is 0 Å². The lowest BCUT2D eigenvalue weighted by Gasteiger charge is -2.35. The van der Waals surface area contributed by atoms with E-state index in [1.807, 2.05) is 7.05 Å². The lowest BCUT2D eigenvalue weighted by molar-refractivity contribution is 0.0975. The summed E-state index contributed by atoms with van der Waals surface area (Å²) in [4.78, 5) is 0. The summed E-state index contributed by atoms with van der Waals surface area (Å²) >= 11 is 3.55. The topological polar surface area (TPSA) is 21.3 Å². The molecule has 1 atom stereocenters. The van der Waals surface area contributed by atoms with Gasteiger partial charge in [-0.05, 0) is 63.3 Å². The van der Waals surface area contributed by atoms with Crippen molar-refractivity contribution in [2.45, 2.75) is 58.6 Å². The maximum Gasteiger partial charge on any atom is 0.124 e. The van der Waals surface area contributed by atoms with Crippen LogP contribution in [0.3, 0.4) is 0 Å². The molecule has 0 aliphatic heterocycles. The van der Waals surface area contributed by atoms with E-state index in [9.17, 15) is 0 Å². The molecule has 1 aliphatic rings. The molecule has 20 heavy (non-hydrogen) atoms. The number of ether oxygens (including phenoxy) is 1. The van der Waals surface area contributed by atoms with Crippen LogP contribution >= 0.6 is 15.9 Å². The van der Waals surface area contributed by atoms with Gasteiger partial charge in [0.2, 0.25) is 0 Å². The van der Waals surface area contributed by atoms with Crippen LogP contribution in [-0.4, -0.2) is 13.2 Å². The molecule has 0 amide bonds. The third-order valence-corrected chi connectivity index (χ3v) is 4.94. The largest absolute Gasteiger partial charge is 0.490 e. The SMILES string of the molecule is CNC(C)c1cc(Br)ccc1OC1CCC(C)(C)CC1. The Hall–Kier alpha value is -0.540. The van der Waals surface area contributed by atoms with Crippen LogP contribution < -0.4 is 10.1 Å². The Kier molecular flexibility index (Phi) is 5.14. The van der Waals surface area contributed by atoms with Gasteiger partial charge in [0.1, 0.15) is 5.75 Å². The van der Waals surface area contributed by atoms with Gasteiger partial charge in [-0.15, -0.1) is 0 Å². The summed E-state index contributed by atoms with van der Waals surface area (Å²) in [5.74, 6) is 1.03. The second-order valence-corrected chi connectivity index (χ2v) is 7.59. The first-order valence-electron chi connectivity index (χ1n) is 7.55. The smallest absolute Gasteiger partial charge is 0.124 e. The van der Waals surface area contributed by atoms with Crippen LogP contribution in [0.4, 0.5) is 0 Å². The standard InChI is InChI=1S/C17H26BrNO/c1-12(19-4)15-11-13(18)5-6-16(15)20-14-7-9-17(2,3)10-8-14/h5-6,11-12,14,19H,7-10H2,1-4H3. The van der Waals surface area contributed by atoms with Gasteiger partial charge in [-0.25, -0.2) is 0 Å². The zero-order valence-electron chi connectivity index (χ0n) is 13.0. The Morgan fingerprint density at radius 3 is 2.55 bits per heavy atom. The molecule has 112 valence electrons. The summed E-state index contributed by atoms with van der Waals surface area (Å²) in [6.45, 7) is 6.88. The fourth-order valence-corrected chi connectivity index (χ4v) is 3.17. The van der Waals surface area contributed by atoms with Crippen molar-refractivity contribution in [1.82, 2.24) is 5.32 Å². The minimum atomic E-state index is 0.294. The van der Waals surface area contributed by atoms with Gasteiger partial charge in [0.25, 0.3) is 0 Å². The fourth-order valence-electron chi connectivity index (χ4n) is 2.79. The Morgan fingerprint density at radius 2 is 1.95 bits per heavy atom. The molecule has 0 radical (unpaired) electrons. The summed E-state index contributed by atoms with van der Waals surface area (Å²) < 4.78 is 7.40. The van der Waals surface area contributed by atoms with Crippen molar-refractivity contribution in [3.8, 4) is 5.75 Å². The van der Waals surface area contributed by atoms with Gasteiger partial charge in [-0.1, -0.05) is 29.8 Å². The Morgan fingerprint density at radius 1 is 1.30 bits per heavy atom. The second kappa shape index (κ2) is 6.48. The minimum Gasteiger partial charge on any atom is -0.490 e. The van der Waals surface area contributed by atoms with Crippen molar-refractivity contribution in [2.75, 3.05) is 7.05 Å². The highest BCUT2D eigenvalue weighted by atomic mass is 79.9. The maximum absolute atomic E-state index is 6.30. The highest BCUT2D eigenvalue weighted by molar-refractivity contribution is 9.10. The second-order valence-electron chi connectivity index (χ2n) is 6.67. The number of nitrogens with one attached hydrogen (secondary N) is 1.